The van der Waals surface area contributed by atoms with E-state index in [-0.39, 0.29) is 5.97 Å². The van der Waals surface area contributed by atoms with Crippen LogP contribution in [0.4, 0.5) is 5.82 Å². The van der Waals surface area contributed by atoms with E-state index in [2.05, 4.69) is 20.0 Å². The van der Waals surface area contributed by atoms with E-state index in [0.717, 1.165) is 18.5 Å². The molecule has 1 unspecified atom stereocenters. The van der Waals surface area contributed by atoms with Gasteiger partial charge in [0.05, 0.1) is 32.0 Å². The second-order valence-electron chi connectivity index (χ2n) is 4.36. The molecule has 2 N–H and O–H groups in total. The van der Waals surface area contributed by atoms with Crippen LogP contribution in [-0.2, 0) is 16.1 Å². The molecule has 19 heavy (non-hydrogen) atoms. The minimum Gasteiger partial charge on any atom is -0.469 e. The molecule has 1 atom stereocenters. The Bertz CT molecular complexity index is 470. The summed E-state index contributed by atoms with van der Waals surface area (Å²) < 4.78 is 6.49. The van der Waals surface area contributed by atoms with Gasteiger partial charge in [-0.05, 0) is 12.8 Å². The average molecular weight is 266 g/mol. The van der Waals surface area contributed by atoms with E-state index < -0.39 is 6.10 Å². The average Bonchev–Trinajstić information content (AvgIpc) is 2.73. The number of esters is 1. The highest BCUT2D eigenvalue weighted by Gasteiger charge is 2.20. The third-order valence-electron chi connectivity index (χ3n) is 3.02. The number of methoxy groups -OCH3 is 1. The fourth-order valence-corrected chi connectivity index (χ4v) is 2.03. The van der Waals surface area contributed by atoms with Crippen LogP contribution in [0.15, 0.2) is 11.3 Å². The molecule has 0 amide bonds. The summed E-state index contributed by atoms with van der Waals surface area (Å²) in [7, 11) is 1.39. The first kappa shape index (κ1) is 13.5. The van der Waals surface area contributed by atoms with Crippen molar-refractivity contribution < 1.29 is 14.6 Å². The quantitative estimate of drug-likeness (QED) is 0.605. The molecule has 0 spiro atoms. The van der Waals surface area contributed by atoms with Gasteiger partial charge in [-0.25, -0.2) is 4.98 Å². The molecule has 0 radical (unpaired) electrons. The van der Waals surface area contributed by atoms with Crippen LogP contribution in [0.25, 0.3) is 0 Å². The number of unbranched alkanes of at least 4 members (excludes halogenated alkanes) is 1. The summed E-state index contributed by atoms with van der Waals surface area (Å²) in [6, 6.07) is 0. The first-order valence-electron chi connectivity index (χ1n) is 6.27. The van der Waals surface area contributed by atoms with Gasteiger partial charge in [0.2, 0.25) is 0 Å². The minimum atomic E-state index is -0.649. The van der Waals surface area contributed by atoms with E-state index in [9.17, 15) is 9.90 Å². The number of rotatable bonds is 5. The first-order valence-corrected chi connectivity index (χ1v) is 6.27. The molecule has 104 valence electrons. The summed E-state index contributed by atoms with van der Waals surface area (Å²) in [4.78, 5) is 19.2. The Kier molecular flexibility index (Phi) is 4.51. The van der Waals surface area contributed by atoms with Gasteiger partial charge in [-0.1, -0.05) is 0 Å². The van der Waals surface area contributed by atoms with E-state index in [0.29, 0.717) is 25.3 Å². The number of nitrogens with zero attached hydrogens (tertiary/aromatic N) is 3. The van der Waals surface area contributed by atoms with Crippen molar-refractivity contribution in [2.45, 2.75) is 31.9 Å². The number of ether oxygens (including phenoxy) is 1. The third-order valence-corrected chi connectivity index (χ3v) is 3.02. The van der Waals surface area contributed by atoms with Gasteiger partial charge in [0, 0.05) is 13.0 Å². The molecule has 1 aromatic heterocycles. The number of aromatic nitrogens is 2. The highest BCUT2D eigenvalue weighted by Crippen LogP contribution is 2.24. The Hall–Kier alpha value is -1.89. The first-order chi connectivity index (χ1) is 9.22. The smallest absolute Gasteiger partial charge is 0.305 e. The number of anilines is 1. The summed E-state index contributed by atoms with van der Waals surface area (Å²) in [5.41, 5.74) is 0.746. The highest BCUT2D eigenvalue weighted by atomic mass is 16.5. The van der Waals surface area contributed by atoms with Crippen LogP contribution < -0.4 is 5.32 Å². The van der Waals surface area contributed by atoms with Crippen LogP contribution >= 0.6 is 0 Å². The standard InChI is InChI=1S/C12H18N4O3/c1-19-10(18)4-2-3-5-16-8-15-12-11(16)9(17)6-13-7-14-12/h7-9,17H,2-6H2,1H3,(H,13,14). The molecule has 7 heteroatoms. The molecular formula is C12H18N4O3. The Morgan fingerprint density at radius 1 is 1.63 bits per heavy atom. The van der Waals surface area contributed by atoms with Gasteiger partial charge in [-0.15, -0.1) is 0 Å². The molecule has 0 aliphatic carbocycles. The Morgan fingerprint density at radius 2 is 2.47 bits per heavy atom. The number of aliphatic hydroxyl groups excluding tert-OH is 1. The summed E-state index contributed by atoms with van der Waals surface area (Å²) in [5, 5.41) is 12.9. The van der Waals surface area contributed by atoms with Crippen LogP contribution in [0, 0.1) is 0 Å². The van der Waals surface area contributed by atoms with Crippen molar-refractivity contribution in [2.24, 2.45) is 4.99 Å². The molecule has 1 aliphatic heterocycles. The van der Waals surface area contributed by atoms with Crippen molar-refractivity contribution in [1.82, 2.24) is 9.55 Å². The summed E-state index contributed by atoms with van der Waals surface area (Å²) >= 11 is 0. The number of hydrogen-bond acceptors (Lipinski definition) is 6. The van der Waals surface area contributed by atoms with Crippen LogP contribution in [0.3, 0.4) is 0 Å². The van der Waals surface area contributed by atoms with Crippen LogP contribution in [-0.4, -0.2) is 40.6 Å². The molecule has 0 fully saturated rings. The Balaban J connectivity index is 1.92. The maximum Gasteiger partial charge on any atom is 0.305 e. The molecule has 1 aliphatic rings. The van der Waals surface area contributed by atoms with Crippen LogP contribution in [0.2, 0.25) is 0 Å². The predicted molar refractivity (Wildman–Crippen MR) is 70.0 cm³/mol. The maximum atomic E-state index is 11.0. The van der Waals surface area contributed by atoms with Crippen molar-refractivity contribution in [2.75, 3.05) is 19.0 Å². The van der Waals surface area contributed by atoms with Gasteiger partial charge in [0.15, 0.2) is 5.82 Å². The number of aryl methyl sites for hydroxylation is 1. The van der Waals surface area contributed by atoms with E-state index in [1.54, 1.807) is 12.7 Å². The van der Waals surface area contributed by atoms with Gasteiger partial charge in [-0.3, -0.25) is 9.79 Å². The molecule has 0 saturated heterocycles. The van der Waals surface area contributed by atoms with E-state index in [1.165, 1.54) is 7.11 Å². The van der Waals surface area contributed by atoms with Crippen molar-refractivity contribution in [3.8, 4) is 0 Å². The second kappa shape index (κ2) is 6.33. The number of nitrogens with one attached hydrogen (secondary N) is 1. The Labute approximate surface area is 111 Å². The van der Waals surface area contributed by atoms with Crippen LogP contribution in [0.1, 0.15) is 31.1 Å². The minimum absolute atomic E-state index is 0.195. The molecule has 0 saturated carbocycles. The predicted octanol–water partition coefficient (Wildman–Crippen LogP) is 0.714. The zero-order valence-corrected chi connectivity index (χ0v) is 10.9. The van der Waals surface area contributed by atoms with Crippen LogP contribution in [0.5, 0.6) is 0 Å². The van der Waals surface area contributed by atoms with Gasteiger partial charge >= 0.3 is 5.97 Å². The molecule has 7 nitrogen and oxygen atoms in total. The van der Waals surface area contributed by atoms with Crippen molar-refractivity contribution in [3.63, 3.8) is 0 Å². The van der Waals surface area contributed by atoms with Crippen molar-refractivity contribution >= 4 is 18.1 Å². The lowest BCUT2D eigenvalue weighted by molar-refractivity contribution is -0.140. The fourth-order valence-electron chi connectivity index (χ4n) is 2.03. The van der Waals surface area contributed by atoms with E-state index in [4.69, 9.17) is 0 Å². The summed E-state index contributed by atoms with van der Waals surface area (Å²) in [6.07, 6.45) is 4.58. The number of carbonyl (C=O) groups is 1. The van der Waals surface area contributed by atoms with E-state index >= 15 is 0 Å². The van der Waals surface area contributed by atoms with Crippen molar-refractivity contribution in [1.29, 1.82) is 0 Å². The lowest BCUT2D eigenvalue weighted by Crippen LogP contribution is -2.10. The lowest BCUT2D eigenvalue weighted by atomic mass is 10.2. The van der Waals surface area contributed by atoms with Gasteiger partial charge in [0.1, 0.15) is 6.10 Å². The topological polar surface area (TPSA) is 88.7 Å². The largest absolute Gasteiger partial charge is 0.469 e. The maximum absolute atomic E-state index is 11.0. The summed E-state index contributed by atoms with van der Waals surface area (Å²) in [5.74, 6) is 0.446. The number of fused-ring (bicyclic) bond motifs is 1. The van der Waals surface area contributed by atoms with Crippen molar-refractivity contribution in [3.05, 3.63) is 12.0 Å². The summed E-state index contributed by atoms with van der Waals surface area (Å²) in [6.45, 7) is 1.03. The molecule has 0 aromatic carbocycles. The number of carbonyl (C=O) groups excluding carboxylic acids is 1. The molecule has 1 aromatic rings. The highest BCUT2D eigenvalue weighted by molar-refractivity contribution is 5.75. The number of aliphatic imine (C=N–C) groups is 1. The number of imidazole rings is 1. The van der Waals surface area contributed by atoms with Gasteiger partial charge < -0.3 is 19.7 Å². The molecule has 2 heterocycles. The Morgan fingerprint density at radius 3 is 3.26 bits per heavy atom. The van der Waals surface area contributed by atoms with Gasteiger partial charge in [0.25, 0.3) is 0 Å². The lowest BCUT2D eigenvalue weighted by Gasteiger charge is -2.12. The third kappa shape index (κ3) is 3.31. The SMILES string of the molecule is COC(=O)CCCCn1cnc2c1C(O)CN=CN2. The zero-order chi connectivity index (χ0) is 13.7. The van der Waals surface area contributed by atoms with Gasteiger partial charge in [-0.2, -0.15) is 0 Å². The molecular weight excluding hydrogens is 248 g/mol. The number of aliphatic hydroxyl groups is 1. The second-order valence-corrected chi connectivity index (χ2v) is 4.36. The molecule has 0 bridgehead atoms. The van der Waals surface area contributed by atoms with E-state index in [1.807, 2.05) is 4.57 Å². The monoisotopic (exact) mass is 266 g/mol. The molecule has 2 rings (SSSR count). The zero-order valence-electron chi connectivity index (χ0n) is 10.9. The fraction of sp³-hybridized carbons (Fsp3) is 0.583. The number of hydrogen-bond donors (Lipinski definition) is 2. The normalized spacial score (nSPS) is 17.5.